The van der Waals surface area contributed by atoms with E-state index in [1.165, 1.54) is 12.8 Å². The molecule has 1 aliphatic carbocycles. The molecule has 1 saturated carbocycles. The van der Waals surface area contributed by atoms with Gasteiger partial charge in [-0.25, -0.2) is 4.68 Å². The normalized spacial score (nSPS) is 14.2. The van der Waals surface area contributed by atoms with Crippen LogP contribution >= 0.6 is 11.6 Å². The van der Waals surface area contributed by atoms with Crippen LogP contribution in [0.15, 0.2) is 61.2 Å². The van der Waals surface area contributed by atoms with Gasteiger partial charge in [0, 0.05) is 24.7 Å². The predicted octanol–water partition coefficient (Wildman–Crippen LogP) is 6.17. The fourth-order valence-electron chi connectivity index (χ4n) is 4.16. The highest BCUT2D eigenvalue weighted by molar-refractivity contribution is 6.30. The summed E-state index contributed by atoms with van der Waals surface area (Å²) in [6, 6.07) is 15.1. The van der Waals surface area contributed by atoms with E-state index in [-0.39, 0.29) is 0 Å². The summed E-state index contributed by atoms with van der Waals surface area (Å²) in [6.07, 6.45) is 5.45. The smallest absolute Gasteiger partial charge is 0.227 e. The van der Waals surface area contributed by atoms with E-state index in [1.54, 1.807) is 7.11 Å². The van der Waals surface area contributed by atoms with Crippen molar-refractivity contribution in [2.45, 2.75) is 45.3 Å². The standard InChI is InChI=1S/C28H34ClN3O3/c1-4-5-9-24(33)18-31(17-21-10-11-21)19-27-20(2)30-32(23-8-6-7-22(29)16-23)28(27)35-26-14-12-25(34-3)13-15-26/h4,6-8,12-16,21,24,33H,1,5,9-11,17-19H2,2-3H3. The number of halogens is 1. The van der Waals surface area contributed by atoms with Crippen LogP contribution in [0, 0.1) is 12.8 Å². The average Bonchev–Trinajstić information content (AvgIpc) is 3.62. The Balaban J connectivity index is 1.67. The van der Waals surface area contributed by atoms with Crippen LogP contribution in [0.5, 0.6) is 17.4 Å². The van der Waals surface area contributed by atoms with Crippen LogP contribution in [-0.4, -0.2) is 46.1 Å². The van der Waals surface area contributed by atoms with Gasteiger partial charge in [-0.15, -0.1) is 6.58 Å². The van der Waals surface area contributed by atoms with Crippen molar-refractivity contribution in [2.24, 2.45) is 5.92 Å². The van der Waals surface area contributed by atoms with Crippen molar-refractivity contribution in [3.63, 3.8) is 0 Å². The molecule has 2 aromatic carbocycles. The second-order valence-corrected chi connectivity index (χ2v) is 9.63. The number of nitrogens with zero attached hydrogens (tertiary/aromatic N) is 3. The number of methoxy groups -OCH3 is 1. The van der Waals surface area contributed by atoms with Crippen molar-refractivity contribution in [1.29, 1.82) is 0 Å². The first kappa shape index (κ1) is 25.3. The molecular weight excluding hydrogens is 462 g/mol. The maximum absolute atomic E-state index is 10.6. The van der Waals surface area contributed by atoms with E-state index in [9.17, 15) is 5.11 Å². The fourth-order valence-corrected chi connectivity index (χ4v) is 4.34. The molecule has 7 heteroatoms. The van der Waals surface area contributed by atoms with Gasteiger partial charge < -0.3 is 14.6 Å². The molecule has 1 unspecified atom stereocenters. The van der Waals surface area contributed by atoms with Crippen LogP contribution in [0.1, 0.15) is 36.9 Å². The molecule has 0 amide bonds. The zero-order valence-corrected chi connectivity index (χ0v) is 21.2. The summed E-state index contributed by atoms with van der Waals surface area (Å²) >= 11 is 6.30. The third-order valence-electron chi connectivity index (χ3n) is 6.23. The van der Waals surface area contributed by atoms with Crippen molar-refractivity contribution in [2.75, 3.05) is 20.2 Å². The summed E-state index contributed by atoms with van der Waals surface area (Å²) in [7, 11) is 1.64. The van der Waals surface area contributed by atoms with Gasteiger partial charge in [0.25, 0.3) is 0 Å². The Bertz CT molecular complexity index is 1120. The van der Waals surface area contributed by atoms with Crippen molar-refractivity contribution in [1.82, 2.24) is 14.7 Å². The van der Waals surface area contributed by atoms with Gasteiger partial charge in [0.2, 0.25) is 5.88 Å². The molecule has 0 bridgehead atoms. The van der Waals surface area contributed by atoms with E-state index in [1.807, 2.05) is 66.2 Å². The lowest BCUT2D eigenvalue weighted by Gasteiger charge is -2.25. The number of hydrogen-bond acceptors (Lipinski definition) is 5. The summed E-state index contributed by atoms with van der Waals surface area (Å²) in [6.45, 7) is 7.98. The topological polar surface area (TPSA) is 59.8 Å². The predicted molar refractivity (Wildman–Crippen MR) is 140 cm³/mol. The van der Waals surface area contributed by atoms with Gasteiger partial charge in [0.15, 0.2) is 0 Å². The molecule has 0 aliphatic heterocycles. The molecule has 1 fully saturated rings. The van der Waals surface area contributed by atoms with E-state index < -0.39 is 6.10 Å². The first-order valence-corrected chi connectivity index (χ1v) is 12.5. The zero-order chi connectivity index (χ0) is 24.8. The van der Waals surface area contributed by atoms with Crippen LogP contribution in [0.4, 0.5) is 0 Å². The molecule has 1 aromatic heterocycles. The molecule has 186 valence electrons. The molecule has 1 heterocycles. The Kier molecular flexibility index (Phi) is 8.50. The van der Waals surface area contributed by atoms with Gasteiger partial charge in [-0.1, -0.05) is 23.7 Å². The van der Waals surface area contributed by atoms with Crippen molar-refractivity contribution in [3.05, 3.63) is 77.5 Å². The number of aromatic nitrogens is 2. The van der Waals surface area contributed by atoms with Crippen LogP contribution in [0.2, 0.25) is 5.02 Å². The number of rotatable bonds is 13. The van der Waals surface area contributed by atoms with Crippen molar-refractivity contribution >= 4 is 11.6 Å². The highest BCUT2D eigenvalue weighted by Crippen LogP contribution is 2.35. The summed E-state index contributed by atoms with van der Waals surface area (Å²) in [5.41, 5.74) is 2.71. The van der Waals surface area contributed by atoms with Gasteiger partial charge in [-0.3, -0.25) is 4.90 Å². The third kappa shape index (κ3) is 6.88. The van der Waals surface area contributed by atoms with Gasteiger partial charge in [0.05, 0.1) is 30.2 Å². The fraction of sp³-hybridized carbons (Fsp3) is 0.393. The summed E-state index contributed by atoms with van der Waals surface area (Å²) in [5.74, 6) is 2.79. The third-order valence-corrected chi connectivity index (χ3v) is 6.47. The van der Waals surface area contributed by atoms with Gasteiger partial charge >= 0.3 is 0 Å². The number of ether oxygens (including phenoxy) is 2. The molecule has 35 heavy (non-hydrogen) atoms. The van der Waals surface area contributed by atoms with E-state index in [2.05, 4.69) is 11.5 Å². The Morgan fingerprint density at radius 1 is 1.23 bits per heavy atom. The number of benzene rings is 2. The number of allylic oxidation sites excluding steroid dienone is 1. The lowest BCUT2D eigenvalue weighted by molar-refractivity contribution is 0.0991. The monoisotopic (exact) mass is 495 g/mol. The maximum atomic E-state index is 10.6. The van der Waals surface area contributed by atoms with Gasteiger partial charge in [0.1, 0.15) is 11.5 Å². The van der Waals surface area contributed by atoms with Crippen LogP contribution < -0.4 is 9.47 Å². The summed E-state index contributed by atoms with van der Waals surface area (Å²) < 4.78 is 13.5. The number of aryl methyl sites for hydroxylation is 1. The molecule has 0 saturated heterocycles. The second kappa shape index (κ2) is 11.8. The first-order chi connectivity index (χ1) is 17.0. The molecular formula is C28H34ClN3O3. The number of hydrogen-bond donors (Lipinski definition) is 1. The van der Waals surface area contributed by atoms with E-state index in [0.29, 0.717) is 42.1 Å². The molecule has 0 radical (unpaired) electrons. The quantitative estimate of drug-likeness (QED) is 0.287. The lowest BCUT2D eigenvalue weighted by Crippen LogP contribution is -2.34. The minimum atomic E-state index is -0.402. The minimum Gasteiger partial charge on any atom is -0.497 e. The van der Waals surface area contributed by atoms with Crippen LogP contribution in [-0.2, 0) is 6.54 Å². The zero-order valence-electron chi connectivity index (χ0n) is 20.5. The summed E-state index contributed by atoms with van der Waals surface area (Å²) in [4.78, 5) is 2.33. The highest BCUT2D eigenvalue weighted by atomic mass is 35.5. The molecule has 4 rings (SSSR count). The van der Waals surface area contributed by atoms with Gasteiger partial charge in [-0.2, -0.15) is 5.10 Å². The Morgan fingerprint density at radius 2 is 1.97 bits per heavy atom. The van der Waals surface area contributed by atoms with E-state index in [0.717, 1.165) is 35.7 Å². The molecule has 3 aromatic rings. The maximum Gasteiger partial charge on any atom is 0.227 e. The first-order valence-electron chi connectivity index (χ1n) is 12.1. The summed E-state index contributed by atoms with van der Waals surface area (Å²) in [5, 5.41) is 16.1. The molecule has 0 spiro atoms. The van der Waals surface area contributed by atoms with Crippen molar-refractivity contribution < 1.29 is 14.6 Å². The number of aliphatic hydroxyl groups excluding tert-OH is 1. The van der Waals surface area contributed by atoms with Crippen LogP contribution in [0.25, 0.3) is 5.69 Å². The largest absolute Gasteiger partial charge is 0.497 e. The van der Waals surface area contributed by atoms with Crippen molar-refractivity contribution in [3.8, 4) is 23.1 Å². The molecule has 1 aliphatic rings. The van der Waals surface area contributed by atoms with E-state index in [4.69, 9.17) is 26.2 Å². The minimum absolute atomic E-state index is 0.402. The Labute approximate surface area is 212 Å². The average molecular weight is 496 g/mol. The lowest BCUT2D eigenvalue weighted by atomic mass is 10.1. The number of aliphatic hydroxyl groups is 1. The Morgan fingerprint density at radius 3 is 2.63 bits per heavy atom. The molecule has 6 nitrogen and oxygen atoms in total. The Hall–Kier alpha value is -2.80. The molecule has 1 atom stereocenters. The van der Waals surface area contributed by atoms with Crippen LogP contribution in [0.3, 0.4) is 0 Å². The van der Waals surface area contributed by atoms with Gasteiger partial charge in [-0.05, 0) is 81.0 Å². The highest BCUT2D eigenvalue weighted by Gasteiger charge is 2.28. The molecule has 1 N–H and O–H groups in total. The second-order valence-electron chi connectivity index (χ2n) is 9.20. The van der Waals surface area contributed by atoms with E-state index >= 15 is 0 Å². The SMILES string of the molecule is C=CCCC(O)CN(Cc1c(C)nn(-c2cccc(Cl)c2)c1Oc1ccc(OC)cc1)CC1CC1.